The molecule has 2 aromatic carbocycles. The Morgan fingerprint density at radius 1 is 1.10 bits per heavy atom. The molecule has 0 aliphatic carbocycles. The first-order chi connectivity index (χ1) is 9.49. The molecule has 0 bridgehead atoms. The number of aromatic carboxylic acids is 1. The quantitative estimate of drug-likeness (QED) is 0.899. The Hall–Kier alpha value is -2.14. The molecular weight excluding hydrogens is 322 g/mol. The van der Waals surface area contributed by atoms with Crippen LogP contribution < -0.4 is 5.32 Å². The minimum atomic E-state index is -1.01. The number of amides is 1. The van der Waals surface area contributed by atoms with Crippen LogP contribution in [0.4, 0.5) is 5.69 Å². The summed E-state index contributed by atoms with van der Waals surface area (Å²) in [5, 5.41) is 11.8. The Labute approximate surface area is 124 Å². The number of halogens is 1. The van der Waals surface area contributed by atoms with Crippen molar-refractivity contribution in [3.63, 3.8) is 0 Å². The molecule has 0 aromatic heterocycles. The molecule has 0 aliphatic rings. The van der Waals surface area contributed by atoms with Crippen molar-refractivity contribution in [3.8, 4) is 0 Å². The highest BCUT2D eigenvalue weighted by molar-refractivity contribution is 9.10. The molecule has 0 atom stereocenters. The lowest BCUT2D eigenvalue weighted by Gasteiger charge is -2.10. The van der Waals surface area contributed by atoms with Gasteiger partial charge in [0.2, 0.25) is 0 Å². The van der Waals surface area contributed by atoms with Crippen LogP contribution in [0, 0.1) is 6.92 Å². The number of carboxylic acids is 1. The van der Waals surface area contributed by atoms with E-state index < -0.39 is 5.97 Å². The maximum Gasteiger partial charge on any atom is 0.336 e. The van der Waals surface area contributed by atoms with Crippen LogP contribution >= 0.6 is 15.9 Å². The smallest absolute Gasteiger partial charge is 0.336 e. The molecule has 2 rings (SSSR count). The summed E-state index contributed by atoms with van der Waals surface area (Å²) in [5.74, 6) is -1.29. The van der Waals surface area contributed by atoms with Gasteiger partial charge in [0.1, 0.15) is 0 Å². The maximum atomic E-state index is 12.1. The molecule has 0 spiro atoms. The van der Waals surface area contributed by atoms with Crippen LogP contribution in [-0.4, -0.2) is 17.0 Å². The van der Waals surface area contributed by atoms with E-state index in [1.165, 1.54) is 6.07 Å². The Morgan fingerprint density at radius 2 is 1.75 bits per heavy atom. The van der Waals surface area contributed by atoms with Gasteiger partial charge in [0, 0.05) is 15.7 Å². The van der Waals surface area contributed by atoms with E-state index in [1.54, 1.807) is 43.3 Å². The van der Waals surface area contributed by atoms with Crippen molar-refractivity contribution in [2.75, 3.05) is 5.32 Å². The average Bonchev–Trinajstić information content (AvgIpc) is 2.41. The molecule has 2 aromatic rings. The van der Waals surface area contributed by atoms with Crippen molar-refractivity contribution in [1.82, 2.24) is 0 Å². The molecule has 102 valence electrons. The second-order valence-electron chi connectivity index (χ2n) is 4.24. The van der Waals surface area contributed by atoms with Crippen LogP contribution in [0.3, 0.4) is 0 Å². The second-order valence-corrected chi connectivity index (χ2v) is 5.16. The number of nitrogens with one attached hydrogen (secondary N) is 1. The second kappa shape index (κ2) is 5.88. The molecule has 5 heteroatoms. The fraction of sp³-hybridized carbons (Fsp3) is 0.0667. The topological polar surface area (TPSA) is 66.4 Å². The first-order valence-corrected chi connectivity index (χ1v) is 6.68. The van der Waals surface area contributed by atoms with Crippen LogP contribution in [0.25, 0.3) is 0 Å². The van der Waals surface area contributed by atoms with E-state index in [1.807, 2.05) is 0 Å². The zero-order valence-corrected chi connectivity index (χ0v) is 12.3. The standard InChI is InChI=1S/C15H12BrNO3/c1-9-12(15(19)20)3-2-4-13(9)17-14(18)10-5-7-11(16)8-6-10/h2-8H,1H3,(H,17,18)(H,19,20). The Balaban J connectivity index is 2.26. The van der Waals surface area contributed by atoms with E-state index in [2.05, 4.69) is 21.2 Å². The number of carbonyl (C=O) groups is 2. The number of anilines is 1. The Morgan fingerprint density at radius 3 is 2.35 bits per heavy atom. The number of carboxylic acid groups (broad SMARTS) is 1. The van der Waals surface area contributed by atoms with Crippen molar-refractivity contribution in [1.29, 1.82) is 0 Å². The van der Waals surface area contributed by atoms with E-state index in [-0.39, 0.29) is 11.5 Å². The molecule has 0 aliphatic heterocycles. The van der Waals surface area contributed by atoms with Crippen LogP contribution in [0.5, 0.6) is 0 Å². The highest BCUT2D eigenvalue weighted by Crippen LogP contribution is 2.20. The number of benzene rings is 2. The van der Waals surface area contributed by atoms with E-state index in [0.29, 0.717) is 16.8 Å². The summed E-state index contributed by atoms with van der Waals surface area (Å²) in [6.45, 7) is 1.67. The van der Waals surface area contributed by atoms with Gasteiger partial charge >= 0.3 is 5.97 Å². The molecule has 0 saturated heterocycles. The maximum absolute atomic E-state index is 12.1. The lowest BCUT2D eigenvalue weighted by molar-refractivity contribution is 0.0695. The number of carbonyl (C=O) groups excluding carboxylic acids is 1. The summed E-state index contributed by atoms with van der Waals surface area (Å²) in [6, 6.07) is 11.7. The van der Waals surface area contributed by atoms with Gasteiger partial charge in [-0.3, -0.25) is 4.79 Å². The van der Waals surface area contributed by atoms with Gasteiger partial charge in [0.15, 0.2) is 0 Å². The van der Waals surface area contributed by atoms with Gasteiger partial charge in [-0.1, -0.05) is 22.0 Å². The number of rotatable bonds is 3. The highest BCUT2D eigenvalue weighted by atomic mass is 79.9. The molecule has 0 saturated carbocycles. The van der Waals surface area contributed by atoms with Gasteiger partial charge in [-0.25, -0.2) is 4.79 Å². The first-order valence-electron chi connectivity index (χ1n) is 5.89. The number of hydrogen-bond acceptors (Lipinski definition) is 2. The zero-order chi connectivity index (χ0) is 14.7. The molecule has 2 N–H and O–H groups in total. The largest absolute Gasteiger partial charge is 0.478 e. The van der Waals surface area contributed by atoms with Crippen LogP contribution in [0.1, 0.15) is 26.3 Å². The molecular formula is C15H12BrNO3. The van der Waals surface area contributed by atoms with E-state index in [0.717, 1.165) is 4.47 Å². The Bertz CT molecular complexity index is 665. The molecule has 0 unspecified atom stereocenters. The summed E-state index contributed by atoms with van der Waals surface area (Å²) in [7, 11) is 0. The van der Waals surface area contributed by atoms with E-state index in [4.69, 9.17) is 5.11 Å². The summed E-state index contributed by atoms with van der Waals surface area (Å²) in [6.07, 6.45) is 0. The third-order valence-corrected chi connectivity index (χ3v) is 3.45. The number of hydrogen-bond donors (Lipinski definition) is 2. The van der Waals surface area contributed by atoms with Gasteiger partial charge in [0.25, 0.3) is 5.91 Å². The van der Waals surface area contributed by atoms with Crippen LogP contribution in [0.15, 0.2) is 46.9 Å². The molecule has 1 amide bonds. The minimum absolute atomic E-state index is 0.179. The van der Waals surface area contributed by atoms with Gasteiger partial charge in [-0.05, 0) is 48.9 Å². The summed E-state index contributed by atoms with van der Waals surface area (Å²) in [4.78, 5) is 23.1. The van der Waals surface area contributed by atoms with E-state index in [9.17, 15) is 9.59 Å². The molecule has 20 heavy (non-hydrogen) atoms. The highest BCUT2D eigenvalue weighted by Gasteiger charge is 2.12. The normalized spacial score (nSPS) is 10.1. The fourth-order valence-electron chi connectivity index (χ4n) is 1.80. The summed E-state index contributed by atoms with van der Waals surface area (Å²) >= 11 is 3.30. The van der Waals surface area contributed by atoms with Crippen LogP contribution in [-0.2, 0) is 0 Å². The SMILES string of the molecule is Cc1c(NC(=O)c2ccc(Br)cc2)cccc1C(=O)O. The summed E-state index contributed by atoms with van der Waals surface area (Å²) < 4.78 is 0.887. The lowest BCUT2D eigenvalue weighted by Crippen LogP contribution is -2.14. The molecule has 0 radical (unpaired) electrons. The van der Waals surface area contributed by atoms with Crippen LogP contribution in [0.2, 0.25) is 0 Å². The lowest BCUT2D eigenvalue weighted by atomic mass is 10.1. The first kappa shape index (κ1) is 14.3. The molecule has 0 fully saturated rings. The van der Waals surface area contributed by atoms with Gasteiger partial charge < -0.3 is 10.4 Å². The molecule has 0 heterocycles. The summed E-state index contributed by atoms with van der Waals surface area (Å²) in [5.41, 5.74) is 1.72. The predicted molar refractivity (Wildman–Crippen MR) is 80.2 cm³/mol. The van der Waals surface area contributed by atoms with Crippen molar-refractivity contribution in [3.05, 3.63) is 63.6 Å². The van der Waals surface area contributed by atoms with Crippen molar-refractivity contribution in [2.45, 2.75) is 6.92 Å². The Kier molecular flexibility index (Phi) is 4.20. The average molecular weight is 334 g/mol. The third-order valence-electron chi connectivity index (χ3n) is 2.92. The van der Waals surface area contributed by atoms with Crippen molar-refractivity contribution >= 4 is 33.5 Å². The van der Waals surface area contributed by atoms with Gasteiger partial charge in [-0.15, -0.1) is 0 Å². The minimum Gasteiger partial charge on any atom is -0.478 e. The van der Waals surface area contributed by atoms with Crippen molar-refractivity contribution in [2.24, 2.45) is 0 Å². The monoisotopic (exact) mass is 333 g/mol. The molecule has 4 nitrogen and oxygen atoms in total. The van der Waals surface area contributed by atoms with E-state index >= 15 is 0 Å². The fourth-order valence-corrected chi connectivity index (χ4v) is 2.06. The third kappa shape index (κ3) is 3.05. The van der Waals surface area contributed by atoms with Crippen molar-refractivity contribution < 1.29 is 14.7 Å². The van der Waals surface area contributed by atoms with Gasteiger partial charge in [-0.2, -0.15) is 0 Å². The zero-order valence-electron chi connectivity index (χ0n) is 10.7. The predicted octanol–water partition coefficient (Wildman–Crippen LogP) is 3.71. The van der Waals surface area contributed by atoms with Gasteiger partial charge in [0.05, 0.1) is 5.56 Å².